The molecule has 0 aliphatic carbocycles. The van der Waals surface area contributed by atoms with E-state index in [-0.39, 0.29) is 17.4 Å². The zero-order valence-electron chi connectivity index (χ0n) is 11.9. The van der Waals surface area contributed by atoms with Crippen molar-refractivity contribution in [3.63, 3.8) is 0 Å². The van der Waals surface area contributed by atoms with Gasteiger partial charge >= 0.3 is 0 Å². The van der Waals surface area contributed by atoms with Crippen LogP contribution in [0.2, 0.25) is 0 Å². The third-order valence-electron chi connectivity index (χ3n) is 2.87. The number of hydrogen-bond donors (Lipinski definition) is 1. The van der Waals surface area contributed by atoms with Crippen LogP contribution in [0, 0.1) is 16.0 Å². The molecule has 1 rings (SSSR count). The van der Waals surface area contributed by atoms with Crippen molar-refractivity contribution in [1.29, 1.82) is 0 Å². The lowest BCUT2D eigenvalue weighted by Gasteiger charge is -2.17. The number of benzene rings is 1. The Morgan fingerprint density at radius 3 is 2.53 bits per heavy atom. The normalized spacial score (nSPS) is 12.3. The van der Waals surface area contributed by atoms with Crippen LogP contribution in [-0.4, -0.2) is 10.0 Å². The molecule has 0 saturated carbocycles. The summed E-state index contributed by atoms with van der Waals surface area (Å²) in [7, 11) is 0. The monoisotopic (exact) mass is 263 g/mol. The minimum atomic E-state index is -0.429. The minimum absolute atomic E-state index is 0.00556. The minimum Gasteiger partial charge on any atom is -0.508 e. The highest BCUT2D eigenvalue weighted by atomic mass is 16.6. The van der Waals surface area contributed by atoms with Crippen LogP contribution in [0.15, 0.2) is 29.8 Å². The first-order valence-corrected chi connectivity index (χ1v) is 6.43. The fourth-order valence-electron chi connectivity index (χ4n) is 2.20. The average Bonchev–Trinajstić information content (AvgIpc) is 2.26. The van der Waals surface area contributed by atoms with Crippen molar-refractivity contribution < 1.29 is 10.0 Å². The topological polar surface area (TPSA) is 63.4 Å². The number of nitrogens with zero attached hydrogens (tertiary/aromatic N) is 1. The van der Waals surface area contributed by atoms with Crippen LogP contribution >= 0.6 is 0 Å². The Hall–Kier alpha value is -1.84. The van der Waals surface area contributed by atoms with E-state index in [0.29, 0.717) is 11.5 Å². The summed E-state index contributed by atoms with van der Waals surface area (Å²) in [6, 6.07) is 4.38. The molecule has 1 N–H and O–H groups in total. The summed E-state index contributed by atoms with van der Waals surface area (Å²) in [6.07, 6.45) is 2.90. The lowest BCUT2D eigenvalue weighted by atomic mass is 9.88. The Labute approximate surface area is 113 Å². The van der Waals surface area contributed by atoms with E-state index in [9.17, 15) is 15.2 Å². The van der Waals surface area contributed by atoms with E-state index >= 15 is 0 Å². The summed E-state index contributed by atoms with van der Waals surface area (Å²) in [4.78, 5) is 10.7. The van der Waals surface area contributed by atoms with Crippen LogP contribution < -0.4 is 0 Å². The molecule has 0 aliphatic heterocycles. The molecule has 0 radical (unpaired) electrons. The second kappa shape index (κ2) is 6.36. The van der Waals surface area contributed by atoms with E-state index in [0.717, 1.165) is 12.0 Å². The summed E-state index contributed by atoms with van der Waals surface area (Å²) >= 11 is 0. The van der Waals surface area contributed by atoms with Gasteiger partial charge in [0.2, 0.25) is 0 Å². The molecule has 1 unspecified atom stereocenters. The third-order valence-corrected chi connectivity index (χ3v) is 2.87. The van der Waals surface area contributed by atoms with Crippen molar-refractivity contribution in [2.45, 2.75) is 40.0 Å². The Morgan fingerprint density at radius 2 is 2.05 bits per heavy atom. The molecule has 104 valence electrons. The largest absolute Gasteiger partial charge is 0.508 e. The van der Waals surface area contributed by atoms with Crippen LogP contribution in [0.25, 0.3) is 0 Å². The number of nitro benzene ring substituents is 1. The fourth-order valence-corrected chi connectivity index (χ4v) is 2.20. The Morgan fingerprint density at radius 1 is 1.42 bits per heavy atom. The second-order valence-corrected chi connectivity index (χ2v) is 5.48. The maximum Gasteiger partial charge on any atom is 0.276 e. The van der Waals surface area contributed by atoms with E-state index in [1.165, 1.54) is 12.1 Å². The molecule has 1 atom stereocenters. The van der Waals surface area contributed by atoms with Gasteiger partial charge in [-0.1, -0.05) is 25.5 Å². The van der Waals surface area contributed by atoms with E-state index in [1.807, 2.05) is 13.8 Å². The summed E-state index contributed by atoms with van der Waals surface area (Å²) in [5.41, 5.74) is 1.79. The van der Waals surface area contributed by atoms with Gasteiger partial charge in [-0.05, 0) is 38.3 Å². The Balaban J connectivity index is 3.29. The molecule has 0 amide bonds. The average molecular weight is 263 g/mol. The molecule has 4 heteroatoms. The zero-order chi connectivity index (χ0) is 14.6. The van der Waals surface area contributed by atoms with Crippen molar-refractivity contribution in [2.75, 3.05) is 0 Å². The summed E-state index contributed by atoms with van der Waals surface area (Å²) in [5.74, 6) is 0.371. The van der Waals surface area contributed by atoms with Gasteiger partial charge in [0.1, 0.15) is 5.75 Å². The first-order valence-electron chi connectivity index (χ1n) is 6.43. The Kier molecular flexibility index (Phi) is 5.10. The highest BCUT2D eigenvalue weighted by Crippen LogP contribution is 2.35. The fraction of sp³-hybridized carbons (Fsp3) is 0.467. The number of allylic oxidation sites excluding steroid dienone is 2. The number of aromatic hydroxyl groups is 1. The molecule has 0 aromatic heterocycles. The summed E-state index contributed by atoms with van der Waals surface area (Å²) < 4.78 is 0. The number of rotatable bonds is 5. The quantitative estimate of drug-likeness (QED) is 0.486. The van der Waals surface area contributed by atoms with Crippen LogP contribution in [0.5, 0.6) is 5.75 Å². The van der Waals surface area contributed by atoms with Crippen molar-refractivity contribution in [1.82, 2.24) is 0 Å². The van der Waals surface area contributed by atoms with Gasteiger partial charge in [-0.2, -0.15) is 0 Å². The van der Waals surface area contributed by atoms with Crippen molar-refractivity contribution >= 4 is 5.69 Å². The van der Waals surface area contributed by atoms with E-state index < -0.39 is 4.92 Å². The van der Waals surface area contributed by atoms with Gasteiger partial charge in [-0.25, -0.2) is 0 Å². The molecular weight excluding hydrogens is 242 g/mol. The van der Waals surface area contributed by atoms with Crippen molar-refractivity contribution in [3.05, 3.63) is 45.5 Å². The first-order chi connectivity index (χ1) is 8.81. The van der Waals surface area contributed by atoms with Crippen LogP contribution in [-0.2, 0) is 0 Å². The third kappa shape index (κ3) is 4.39. The Bertz CT molecular complexity index is 488. The van der Waals surface area contributed by atoms with Gasteiger partial charge in [-0.3, -0.25) is 10.1 Å². The van der Waals surface area contributed by atoms with Crippen molar-refractivity contribution in [2.24, 2.45) is 5.92 Å². The summed E-state index contributed by atoms with van der Waals surface area (Å²) in [6.45, 7) is 8.16. The smallest absolute Gasteiger partial charge is 0.276 e. The molecule has 0 fully saturated rings. The molecule has 1 aromatic rings. The highest BCUT2D eigenvalue weighted by Gasteiger charge is 2.22. The molecule has 19 heavy (non-hydrogen) atoms. The number of hydrogen-bond acceptors (Lipinski definition) is 3. The van der Waals surface area contributed by atoms with Crippen LogP contribution in [0.4, 0.5) is 5.69 Å². The van der Waals surface area contributed by atoms with Gasteiger partial charge in [0.25, 0.3) is 5.69 Å². The van der Waals surface area contributed by atoms with Gasteiger partial charge < -0.3 is 5.11 Å². The lowest BCUT2D eigenvalue weighted by Crippen LogP contribution is -2.04. The molecule has 0 spiro atoms. The van der Waals surface area contributed by atoms with E-state index in [4.69, 9.17) is 0 Å². The van der Waals surface area contributed by atoms with Crippen LogP contribution in [0.1, 0.15) is 45.6 Å². The first kappa shape index (κ1) is 15.2. The molecule has 0 saturated heterocycles. The lowest BCUT2D eigenvalue weighted by molar-refractivity contribution is -0.385. The van der Waals surface area contributed by atoms with Crippen LogP contribution in [0.3, 0.4) is 0 Å². The molecule has 0 heterocycles. The van der Waals surface area contributed by atoms with Gasteiger partial charge in [-0.15, -0.1) is 0 Å². The van der Waals surface area contributed by atoms with Gasteiger partial charge in [0.15, 0.2) is 0 Å². The van der Waals surface area contributed by atoms with E-state index in [1.54, 1.807) is 6.07 Å². The van der Waals surface area contributed by atoms with Gasteiger partial charge in [0, 0.05) is 11.5 Å². The predicted molar refractivity (Wildman–Crippen MR) is 76.4 cm³/mol. The molecular formula is C15H21NO3. The molecule has 4 nitrogen and oxygen atoms in total. The number of phenolic OH excluding ortho intramolecular Hbond substituents is 1. The van der Waals surface area contributed by atoms with Gasteiger partial charge in [0.05, 0.1) is 11.0 Å². The SMILES string of the molecule is CC(C)=CC(CC(C)C)c1ccc(O)cc1[N+](=O)[O-]. The maximum absolute atomic E-state index is 11.1. The molecule has 1 aromatic carbocycles. The second-order valence-electron chi connectivity index (χ2n) is 5.48. The molecule has 0 aliphatic rings. The number of phenols is 1. The standard InChI is InChI=1S/C15H21NO3/c1-10(2)7-12(8-11(3)4)14-6-5-13(17)9-15(14)16(18)19/h5-7,9,11-12,17H,8H2,1-4H3. The summed E-state index contributed by atoms with van der Waals surface area (Å²) in [5, 5.41) is 20.5. The van der Waals surface area contributed by atoms with E-state index in [2.05, 4.69) is 19.9 Å². The maximum atomic E-state index is 11.1. The highest BCUT2D eigenvalue weighted by molar-refractivity contribution is 5.48. The molecule has 0 bridgehead atoms. The number of nitro groups is 1. The zero-order valence-corrected chi connectivity index (χ0v) is 11.9. The van der Waals surface area contributed by atoms with Crippen molar-refractivity contribution in [3.8, 4) is 5.75 Å². The predicted octanol–water partition coefficient (Wildman–Crippen LogP) is 4.40.